The van der Waals surface area contributed by atoms with E-state index in [9.17, 15) is 0 Å². The Morgan fingerprint density at radius 2 is 2.13 bits per heavy atom. The van der Waals surface area contributed by atoms with Crippen molar-refractivity contribution >= 4 is 22.5 Å². The van der Waals surface area contributed by atoms with E-state index in [0.717, 1.165) is 40.3 Å². The molecule has 2 saturated heterocycles. The minimum absolute atomic E-state index is 0.326. The van der Waals surface area contributed by atoms with E-state index in [1.807, 2.05) is 30.5 Å². The van der Waals surface area contributed by atoms with Crippen molar-refractivity contribution in [3.8, 4) is 11.5 Å². The van der Waals surface area contributed by atoms with E-state index < -0.39 is 0 Å². The molecule has 0 aliphatic carbocycles. The molecule has 2 aromatic heterocycles. The first kappa shape index (κ1) is 13.5. The van der Waals surface area contributed by atoms with Crippen molar-refractivity contribution in [2.45, 2.75) is 37.5 Å². The van der Waals surface area contributed by atoms with Crippen LogP contribution in [0.3, 0.4) is 0 Å². The number of halogens is 1. The number of hydrogen-bond donors (Lipinski definition) is 0. The Hall–Kier alpha value is -1.91. The summed E-state index contributed by atoms with van der Waals surface area (Å²) in [7, 11) is 0. The summed E-state index contributed by atoms with van der Waals surface area (Å²) in [5.41, 5.74) is 1.83. The summed E-state index contributed by atoms with van der Waals surface area (Å²) in [6, 6.07) is 10.2. The number of rotatable bonds is 2. The zero-order valence-electron chi connectivity index (χ0n) is 12.5. The van der Waals surface area contributed by atoms with Crippen LogP contribution in [0.5, 0.6) is 0 Å². The average molecular weight is 326 g/mol. The maximum atomic E-state index is 6.05. The van der Waals surface area contributed by atoms with Gasteiger partial charge in [0.1, 0.15) is 5.69 Å². The molecular formula is C18H16ClN3O. The topological polar surface area (TPSA) is 39.9 Å². The summed E-state index contributed by atoms with van der Waals surface area (Å²) in [5, 5.41) is 1.77. The second kappa shape index (κ2) is 5.05. The lowest BCUT2D eigenvalue weighted by molar-refractivity contribution is 0.0940. The summed E-state index contributed by atoms with van der Waals surface area (Å²) in [6.45, 7) is 0. The van der Waals surface area contributed by atoms with E-state index in [4.69, 9.17) is 21.3 Å². The molecule has 2 fully saturated rings. The minimum Gasteiger partial charge on any atom is -0.373 e. The summed E-state index contributed by atoms with van der Waals surface area (Å²) in [4.78, 5) is 9.33. The Morgan fingerprint density at radius 1 is 1.17 bits per heavy atom. The number of ether oxygens (including phenoxy) is 1. The molecular weight excluding hydrogens is 310 g/mol. The molecule has 3 atom stereocenters. The molecule has 2 aliphatic rings. The van der Waals surface area contributed by atoms with Gasteiger partial charge in [-0.1, -0.05) is 17.7 Å². The third-order valence-electron chi connectivity index (χ3n) is 4.98. The Morgan fingerprint density at radius 3 is 2.96 bits per heavy atom. The quantitative estimate of drug-likeness (QED) is 0.707. The van der Waals surface area contributed by atoms with Gasteiger partial charge in [0.25, 0.3) is 0 Å². The van der Waals surface area contributed by atoms with Crippen LogP contribution >= 0.6 is 11.6 Å². The molecule has 0 saturated carbocycles. The molecule has 3 aromatic rings. The summed E-state index contributed by atoms with van der Waals surface area (Å²) >= 11 is 6.05. The summed E-state index contributed by atoms with van der Waals surface area (Å²) < 4.78 is 8.24. The standard InChI is InChI=1S/C18H16ClN3O/c19-12-2-5-14-11(9-12)1-4-15(21-14)18-20-7-8-22(18)16-10-13-3-6-17(16)23-13/h1-2,4-5,7-9,13,16-17H,3,6,10H2/t13-,16+,17+/m0/s1. The van der Waals surface area contributed by atoms with Gasteiger partial charge in [-0.05, 0) is 43.5 Å². The summed E-state index contributed by atoms with van der Waals surface area (Å²) in [5.74, 6) is 0.919. The van der Waals surface area contributed by atoms with Crippen LogP contribution in [0.1, 0.15) is 25.3 Å². The molecule has 5 heteroatoms. The predicted octanol–water partition coefficient (Wildman–Crippen LogP) is 4.24. The maximum absolute atomic E-state index is 6.05. The highest BCUT2D eigenvalue weighted by Crippen LogP contribution is 2.42. The van der Waals surface area contributed by atoms with Gasteiger partial charge in [0.2, 0.25) is 0 Å². The number of imidazole rings is 1. The van der Waals surface area contributed by atoms with Crippen molar-refractivity contribution in [2.75, 3.05) is 0 Å². The highest BCUT2D eigenvalue weighted by molar-refractivity contribution is 6.31. The Balaban J connectivity index is 1.57. The van der Waals surface area contributed by atoms with Gasteiger partial charge in [0.15, 0.2) is 5.82 Å². The predicted molar refractivity (Wildman–Crippen MR) is 89.5 cm³/mol. The van der Waals surface area contributed by atoms with Crippen molar-refractivity contribution in [1.82, 2.24) is 14.5 Å². The molecule has 0 N–H and O–H groups in total. The zero-order valence-corrected chi connectivity index (χ0v) is 13.3. The number of aromatic nitrogens is 3. The first-order valence-electron chi connectivity index (χ1n) is 8.03. The molecule has 4 heterocycles. The second-order valence-corrected chi connectivity index (χ2v) is 6.81. The number of hydrogen-bond acceptors (Lipinski definition) is 3. The Labute approximate surface area is 139 Å². The van der Waals surface area contributed by atoms with Crippen LogP contribution in [-0.4, -0.2) is 26.7 Å². The fraction of sp³-hybridized carbons (Fsp3) is 0.333. The van der Waals surface area contributed by atoms with Gasteiger partial charge in [-0.15, -0.1) is 0 Å². The monoisotopic (exact) mass is 325 g/mol. The van der Waals surface area contributed by atoms with Crippen LogP contribution < -0.4 is 0 Å². The number of benzene rings is 1. The molecule has 0 radical (unpaired) electrons. The van der Waals surface area contributed by atoms with Crippen LogP contribution in [0, 0.1) is 0 Å². The van der Waals surface area contributed by atoms with Gasteiger partial charge in [-0.3, -0.25) is 0 Å². The van der Waals surface area contributed by atoms with E-state index >= 15 is 0 Å². The lowest BCUT2D eigenvalue weighted by atomic mass is 9.95. The number of fused-ring (bicyclic) bond motifs is 3. The Kier molecular flexibility index (Phi) is 2.97. The molecule has 0 spiro atoms. The summed E-state index contributed by atoms with van der Waals surface area (Å²) in [6.07, 6.45) is 8.08. The maximum Gasteiger partial charge on any atom is 0.159 e. The van der Waals surface area contributed by atoms with E-state index in [2.05, 4.69) is 21.8 Å². The highest BCUT2D eigenvalue weighted by Gasteiger charge is 2.42. The fourth-order valence-electron chi connectivity index (χ4n) is 3.90. The van der Waals surface area contributed by atoms with Gasteiger partial charge in [0, 0.05) is 22.8 Å². The molecule has 23 heavy (non-hydrogen) atoms. The lowest BCUT2D eigenvalue weighted by Crippen LogP contribution is -2.21. The van der Waals surface area contributed by atoms with Gasteiger partial charge in [-0.25, -0.2) is 9.97 Å². The smallest absolute Gasteiger partial charge is 0.159 e. The van der Waals surface area contributed by atoms with Crippen molar-refractivity contribution in [1.29, 1.82) is 0 Å². The largest absolute Gasteiger partial charge is 0.373 e. The molecule has 2 aliphatic heterocycles. The molecule has 1 aromatic carbocycles. The lowest BCUT2D eigenvalue weighted by Gasteiger charge is -2.22. The van der Waals surface area contributed by atoms with Crippen LogP contribution in [0.4, 0.5) is 0 Å². The molecule has 0 unspecified atom stereocenters. The van der Waals surface area contributed by atoms with Crippen molar-refractivity contribution in [2.24, 2.45) is 0 Å². The van der Waals surface area contributed by atoms with E-state index in [0.29, 0.717) is 18.2 Å². The number of nitrogens with zero attached hydrogens (tertiary/aromatic N) is 3. The van der Waals surface area contributed by atoms with Crippen molar-refractivity contribution < 1.29 is 4.74 Å². The molecule has 2 bridgehead atoms. The van der Waals surface area contributed by atoms with E-state index in [-0.39, 0.29) is 0 Å². The average Bonchev–Trinajstić information content (AvgIpc) is 3.30. The van der Waals surface area contributed by atoms with Crippen LogP contribution in [0.15, 0.2) is 42.7 Å². The third-order valence-corrected chi connectivity index (χ3v) is 5.22. The molecule has 0 amide bonds. The van der Waals surface area contributed by atoms with Gasteiger partial charge in [-0.2, -0.15) is 0 Å². The molecule has 4 nitrogen and oxygen atoms in total. The second-order valence-electron chi connectivity index (χ2n) is 6.37. The van der Waals surface area contributed by atoms with Crippen molar-refractivity contribution in [3.63, 3.8) is 0 Å². The van der Waals surface area contributed by atoms with Gasteiger partial charge < -0.3 is 9.30 Å². The first-order chi connectivity index (χ1) is 11.3. The van der Waals surface area contributed by atoms with Crippen LogP contribution in [0.25, 0.3) is 22.4 Å². The molecule has 116 valence electrons. The van der Waals surface area contributed by atoms with Crippen LogP contribution in [0.2, 0.25) is 5.02 Å². The molecule has 5 rings (SSSR count). The third kappa shape index (κ3) is 2.17. The van der Waals surface area contributed by atoms with Gasteiger partial charge in [0.05, 0.1) is 23.8 Å². The number of pyridine rings is 1. The Bertz CT molecular complexity index is 891. The first-order valence-corrected chi connectivity index (χ1v) is 8.41. The zero-order chi connectivity index (χ0) is 15.4. The fourth-order valence-corrected chi connectivity index (χ4v) is 4.08. The SMILES string of the molecule is Clc1ccc2nc(-c3nccn3[C@@H]3C[C@@H]4CC[C@H]3O4)ccc2c1. The normalized spacial score (nSPS) is 26.2. The van der Waals surface area contributed by atoms with E-state index in [1.165, 1.54) is 6.42 Å². The van der Waals surface area contributed by atoms with E-state index in [1.54, 1.807) is 0 Å². The van der Waals surface area contributed by atoms with Gasteiger partial charge >= 0.3 is 0 Å². The van der Waals surface area contributed by atoms with Crippen molar-refractivity contribution in [3.05, 3.63) is 47.7 Å². The van der Waals surface area contributed by atoms with Crippen LogP contribution in [-0.2, 0) is 4.74 Å². The minimum atomic E-state index is 0.326. The highest BCUT2D eigenvalue weighted by atomic mass is 35.5.